The van der Waals surface area contributed by atoms with Gasteiger partial charge >= 0.3 is 0 Å². The smallest absolute Gasteiger partial charge is 0.252 e. The Morgan fingerprint density at radius 2 is 2.00 bits per heavy atom. The minimum absolute atomic E-state index is 0.0927. The molecule has 0 atom stereocenters. The number of halogens is 1. The first kappa shape index (κ1) is 12.0. The Morgan fingerprint density at radius 1 is 1.47 bits per heavy atom. The number of aromatic nitrogens is 1. The lowest BCUT2D eigenvalue weighted by molar-refractivity contribution is 0.0999. The number of nitrogens with zero attached hydrogens (tertiary/aromatic N) is 1. The van der Waals surface area contributed by atoms with E-state index in [0.717, 1.165) is 11.3 Å². The van der Waals surface area contributed by atoms with Gasteiger partial charge in [-0.15, -0.1) is 0 Å². The van der Waals surface area contributed by atoms with Gasteiger partial charge in [0, 0.05) is 11.1 Å². The third-order valence-corrected chi connectivity index (χ3v) is 2.46. The highest BCUT2D eigenvalue weighted by Crippen LogP contribution is 2.26. The van der Waals surface area contributed by atoms with Gasteiger partial charge in [0.25, 0.3) is 5.91 Å². The fourth-order valence-electron chi connectivity index (χ4n) is 1.31. The number of hydrogen-bond acceptors (Lipinski definition) is 2. The van der Waals surface area contributed by atoms with Crippen molar-refractivity contribution >= 4 is 17.5 Å². The van der Waals surface area contributed by atoms with E-state index in [1.165, 1.54) is 0 Å². The van der Waals surface area contributed by atoms with Crippen LogP contribution < -0.4 is 5.73 Å². The normalized spacial score (nSPS) is 11.5. The summed E-state index contributed by atoms with van der Waals surface area (Å²) in [5.41, 5.74) is 7.06. The largest absolute Gasteiger partial charge is 0.365 e. The highest BCUT2D eigenvalue weighted by atomic mass is 35.5. The van der Waals surface area contributed by atoms with Gasteiger partial charge in [0.05, 0.1) is 5.56 Å². The Bertz CT molecular complexity index is 385. The second-order valence-electron chi connectivity index (χ2n) is 4.60. The Hall–Kier alpha value is -1.09. The van der Waals surface area contributed by atoms with E-state index in [1.54, 1.807) is 0 Å². The number of hydrogen-bond donors (Lipinski definition) is 1. The lowest BCUT2D eigenvalue weighted by Gasteiger charge is -2.19. The predicted octanol–water partition coefficient (Wildman–Crippen LogP) is 2.44. The standard InChI is InChI=1S/C11H15ClN2O/c1-6-5-7(11(2,3)4)14-9(12)8(6)10(13)15/h5H,1-4H3,(H2,13,15). The topological polar surface area (TPSA) is 56.0 Å². The molecule has 0 aliphatic rings. The van der Waals surface area contributed by atoms with Gasteiger partial charge in [-0.25, -0.2) is 4.98 Å². The van der Waals surface area contributed by atoms with Crippen molar-refractivity contribution in [3.05, 3.63) is 28.0 Å². The molecule has 0 spiro atoms. The highest BCUT2D eigenvalue weighted by molar-refractivity contribution is 6.32. The summed E-state index contributed by atoms with van der Waals surface area (Å²) in [4.78, 5) is 15.3. The van der Waals surface area contributed by atoms with Crippen LogP contribution >= 0.6 is 11.6 Å². The quantitative estimate of drug-likeness (QED) is 0.748. The Kier molecular flexibility index (Phi) is 3.05. The van der Waals surface area contributed by atoms with Gasteiger partial charge in [-0.05, 0) is 18.6 Å². The van der Waals surface area contributed by atoms with Gasteiger partial charge in [-0.3, -0.25) is 4.79 Å². The summed E-state index contributed by atoms with van der Waals surface area (Å²) in [6.45, 7) is 7.92. The molecule has 1 heterocycles. The zero-order valence-electron chi connectivity index (χ0n) is 9.39. The third-order valence-electron chi connectivity index (χ3n) is 2.19. The van der Waals surface area contributed by atoms with Crippen LogP contribution in [0.5, 0.6) is 0 Å². The molecule has 3 nitrogen and oxygen atoms in total. The van der Waals surface area contributed by atoms with Crippen molar-refractivity contribution in [1.82, 2.24) is 4.98 Å². The predicted molar refractivity (Wildman–Crippen MR) is 61.2 cm³/mol. The number of primary amides is 1. The number of amides is 1. The fourth-order valence-corrected chi connectivity index (χ4v) is 1.65. The summed E-state index contributed by atoms with van der Waals surface area (Å²) >= 11 is 5.92. The molecule has 0 aliphatic heterocycles. The van der Waals surface area contributed by atoms with Gasteiger partial charge in [-0.1, -0.05) is 32.4 Å². The number of carbonyl (C=O) groups is 1. The summed E-state index contributed by atoms with van der Waals surface area (Å²) in [5, 5.41) is 0.187. The molecule has 82 valence electrons. The molecule has 0 unspecified atom stereocenters. The number of nitrogens with two attached hydrogens (primary N) is 1. The van der Waals surface area contributed by atoms with Crippen molar-refractivity contribution in [2.45, 2.75) is 33.1 Å². The van der Waals surface area contributed by atoms with Crippen LogP contribution in [-0.2, 0) is 5.41 Å². The first-order chi connectivity index (χ1) is 6.73. The maximum atomic E-state index is 11.1. The van der Waals surface area contributed by atoms with E-state index in [4.69, 9.17) is 17.3 Å². The van der Waals surface area contributed by atoms with E-state index in [1.807, 2.05) is 33.8 Å². The van der Waals surface area contributed by atoms with E-state index >= 15 is 0 Å². The van der Waals surface area contributed by atoms with Crippen LogP contribution in [0.15, 0.2) is 6.07 Å². The summed E-state index contributed by atoms with van der Waals surface area (Å²) in [6.07, 6.45) is 0. The molecule has 0 saturated carbocycles. The van der Waals surface area contributed by atoms with E-state index in [0.29, 0.717) is 5.56 Å². The number of aryl methyl sites for hydroxylation is 1. The van der Waals surface area contributed by atoms with Crippen LogP contribution in [0.3, 0.4) is 0 Å². The SMILES string of the molecule is Cc1cc(C(C)(C)C)nc(Cl)c1C(N)=O. The molecule has 1 aromatic rings. The molecule has 0 aliphatic carbocycles. The summed E-state index contributed by atoms with van der Waals surface area (Å²) < 4.78 is 0. The van der Waals surface area contributed by atoms with E-state index in [-0.39, 0.29) is 10.6 Å². The fraction of sp³-hybridized carbons (Fsp3) is 0.455. The van der Waals surface area contributed by atoms with Crippen LogP contribution in [0.25, 0.3) is 0 Å². The van der Waals surface area contributed by atoms with E-state index in [9.17, 15) is 4.79 Å². The molecule has 0 saturated heterocycles. The van der Waals surface area contributed by atoms with E-state index in [2.05, 4.69) is 4.98 Å². The summed E-state index contributed by atoms with van der Waals surface area (Å²) in [6, 6.07) is 1.85. The van der Waals surface area contributed by atoms with Crippen molar-refractivity contribution in [1.29, 1.82) is 0 Å². The van der Waals surface area contributed by atoms with Crippen LogP contribution in [0.1, 0.15) is 42.4 Å². The average molecular weight is 227 g/mol. The summed E-state index contributed by atoms with van der Waals surface area (Å²) in [5.74, 6) is -0.537. The third kappa shape index (κ3) is 2.48. The molecule has 0 aromatic carbocycles. The molecule has 0 radical (unpaired) electrons. The molecular weight excluding hydrogens is 212 g/mol. The van der Waals surface area contributed by atoms with E-state index < -0.39 is 5.91 Å². The summed E-state index contributed by atoms with van der Waals surface area (Å²) in [7, 11) is 0. The minimum Gasteiger partial charge on any atom is -0.365 e. The zero-order valence-corrected chi connectivity index (χ0v) is 10.1. The second kappa shape index (κ2) is 3.81. The molecule has 1 aromatic heterocycles. The van der Waals surface area contributed by atoms with Crippen molar-refractivity contribution in [2.75, 3.05) is 0 Å². The molecular formula is C11H15ClN2O. The molecule has 1 amide bonds. The molecule has 1 rings (SSSR count). The number of carbonyl (C=O) groups excluding carboxylic acids is 1. The molecule has 0 fully saturated rings. The van der Waals surface area contributed by atoms with Crippen molar-refractivity contribution in [3.8, 4) is 0 Å². The highest BCUT2D eigenvalue weighted by Gasteiger charge is 2.20. The van der Waals surface area contributed by atoms with Gasteiger partial charge in [0.15, 0.2) is 0 Å². The Labute approximate surface area is 94.6 Å². The van der Waals surface area contributed by atoms with Gasteiger partial charge in [0.2, 0.25) is 0 Å². The van der Waals surface area contributed by atoms with Crippen molar-refractivity contribution < 1.29 is 4.79 Å². The van der Waals surface area contributed by atoms with Crippen LogP contribution in [0.4, 0.5) is 0 Å². The maximum Gasteiger partial charge on any atom is 0.252 e. The van der Waals surface area contributed by atoms with Crippen LogP contribution in [0, 0.1) is 6.92 Å². The number of rotatable bonds is 1. The first-order valence-corrected chi connectivity index (χ1v) is 5.08. The first-order valence-electron chi connectivity index (χ1n) is 4.71. The second-order valence-corrected chi connectivity index (χ2v) is 4.96. The lowest BCUT2D eigenvalue weighted by Crippen LogP contribution is -2.19. The van der Waals surface area contributed by atoms with Crippen molar-refractivity contribution in [2.24, 2.45) is 5.73 Å². The van der Waals surface area contributed by atoms with Crippen LogP contribution in [0.2, 0.25) is 5.15 Å². The van der Waals surface area contributed by atoms with Crippen LogP contribution in [-0.4, -0.2) is 10.9 Å². The molecule has 2 N–H and O–H groups in total. The molecule has 4 heteroatoms. The molecule has 0 bridgehead atoms. The Balaban J connectivity index is 3.39. The molecule has 15 heavy (non-hydrogen) atoms. The number of pyridine rings is 1. The van der Waals surface area contributed by atoms with Crippen molar-refractivity contribution in [3.63, 3.8) is 0 Å². The Morgan fingerprint density at radius 3 is 2.33 bits per heavy atom. The average Bonchev–Trinajstić information content (AvgIpc) is 1.99. The van der Waals surface area contributed by atoms with Gasteiger partial charge in [0.1, 0.15) is 5.15 Å². The lowest BCUT2D eigenvalue weighted by atomic mass is 9.90. The van der Waals surface area contributed by atoms with Gasteiger partial charge in [-0.2, -0.15) is 0 Å². The maximum absolute atomic E-state index is 11.1. The monoisotopic (exact) mass is 226 g/mol. The van der Waals surface area contributed by atoms with Gasteiger partial charge < -0.3 is 5.73 Å². The minimum atomic E-state index is -0.537. The zero-order chi connectivity index (χ0) is 11.8.